The van der Waals surface area contributed by atoms with Crippen molar-refractivity contribution in [2.24, 2.45) is 0 Å². The topological polar surface area (TPSA) is 102 Å². The summed E-state index contributed by atoms with van der Waals surface area (Å²) in [6, 6.07) is 15.6. The van der Waals surface area contributed by atoms with Crippen LogP contribution in [0.15, 0.2) is 54.7 Å². The number of benzene rings is 2. The highest BCUT2D eigenvalue weighted by molar-refractivity contribution is 6.30. The normalized spacial score (nSPS) is 26.2. The summed E-state index contributed by atoms with van der Waals surface area (Å²) in [5.41, 5.74) is 3.64. The number of rotatable bonds is 7. The van der Waals surface area contributed by atoms with Crippen molar-refractivity contribution in [3.63, 3.8) is 0 Å². The zero-order valence-electron chi connectivity index (χ0n) is 23.8. The number of nitrogens with zero attached hydrogens (tertiary/aromatic N) is 5. The third-order valence-electron chi connectivity index (χ3n) is 9.36. The molecule has 4 aromatic rings. The Hall–Kier alpha value is -3.86. The molecule has 5 heterocycles. The zero-order chi connectivity index (χ0) is 29.3. The van der Waals surface area contributed by atoms with E-state index in [1.54, 1.807) is 24.4 Å². The van der Waals surface area contributed by atoms with E-state index < -0.39 is 11.8 Å². The first-order valence-corrected chi connectivity index (χ1v) is 15.2. The maximum Gasteiger partial charge on any atom is 0.335 e. The average Bonchev–Trinajstić information content (AvgIpc) is 3.48. The van der Waals surface area contributed by atoms with Gasteiger partial charge in [0.1, 0.15) is 11.5 Å². The molecular weight excluding hydrogens is 570 g/mol. The number of carboxylic acids is 1. The first kappa shape index (κ1) is 26.7. The number of carbonyl (C=O) groups is 1. The van der Waals surface area contributed by atoms with Crippen LogP contribution < -0.4 is 14.4 Å². The van der Waals surface area contributed by atoms with Gasteiger partial charge in [0.2, 0.25) is 0 Å². The van der Waals surface area contributed by atoms with Crippen molar-refractivity contribution in [3.8, 4) is 11.5 Å². The van der Waals surface area contributed by atoms with Crippen LogP contribution >= 0.6 is 11.6 Å². The number of anilines is 1. The molecule has 3 fully saturated rings. The van der Waals surface area contributed by atoms with Gasteiger partial charge in [0.15, 0.2) is 11.5 Å². The number of carboxylic acid groups (broad SMARTS) is 1. The molecular formula is C32H32ClN5O5. The molecule has 0 amide bonds. The molecule has 43 heavy (non-hydrogen) atoms. The van der Waals surface area contributed by atoms with Gasteiger partial charge < -0.3 is 28.8 Å². The second-order valence-corrected chi connectivity index (χ2v) is 12.4. The van der Waals surface area contributed by atoms with E-state index in [2.05, 4.69) is 25.4 Å². The van der Waals surface area contributed by atoms with Crippen LogP contribution in [-0.2, 0) is 23.6 Å². The minimum atomic E-state index is -1.03. The molecule has 2 aromatic heterocycles. The molecule has 222 valence electrons. The SMILES string of the molecule is CC1(c2ccc(Cl)cn2)Oc2cccc(N3CCN(Cc4nc5ccc(C(=O)O)cc5n4C[C@@H]4CCO4)[C@H]4CC[C@H]43)c2O1. The zero-order valence-corrected chi connectivity index (χ0v) is 24.5. The lowest BCUT2D eigenvalue weighted by Gasteiger charge is -2.54. The molecule has 0 radical (unpaired) electrons. The largest absolute Gasteiger partial charge is 0.478 e. The summed E-state index contributed by atoms with van der Waals surface area (Å²) in [6.45, 7) is 5.74. The van der Waals surface area contributed by atoms with Crippen molar-refractivity contribution in [1.29, 1.82) is 0 Å². The van der Waals surface area contributed by atoms with Crippen molar-refractivity contribution >= 4 is 34.3 Å². The number of fused-ring (bicyclic) bond motifs is 3. The Bertz CT molecular complexity index is 1720. The first-order valence-electron chi connectivity index (χ1n) is 14.8. The summed E-state index contributed by atoms with van der Waals surface area (Å²) in [5.74, 6) is 0.444. The van der Waals surface area contributed by atoms with Crippen molar-refractivity contribution in [3.05, 3.63) is 76.8 Å². The minimum Gasteiger partial charge on any atom is -0.478 e. The van der Waals surface area contributed by atoms with Gasteiger partial charge in [0.25, 0.3) is 5.79 Å². The standard InChI is InChI=1S/C32H32ClN5O5/c1-32(28-10-6-20(33)16-34-28)42-27-4-2-3-25(30(27)43-32)37-13-12-36(23-8-9-24(23)37)18-29-35-22-7-5-19(31(39)40)15-26(22)38(29)17-21-11-14-41-21/h2-7,10,15-16,21,23-24H,8-9,11-14,17-18H2,1H3,(H,39,40)/t21-,23-,24+,32?/m0/s1. The smallest absolute Gasteiger partial charge is 0.335 e. The van der Waals surface area contributed by atoms with E-state index in [0.29, 0.717) is 41.6 Å². The summed E-state index contributed by atoms with van der Waals surface area (Å²) >= 11 is 6.07. The van der Waals surface area contributed by atoms with Crippen LogP contribution in [0, 0.1) is 0 Å². The van der Waals surface area contributed by atoms with Crippen molar-refractivity contribution < 1.29 is 24.1 Å². The lowest BCUT2D eigenvalue weighted by atomic mass is 9.81. The fourth-order valence-corrected chi connectivity index (χ4v) is 6.96. The molecule has 0 bridgehead atoms. The number of ether oxygens (including phenoxy) is 3. The predicted molar refractivity (Wildman–Crippen MR) is 160 cm³/mol. The van der Waals surface area contributed by atoms with E-state index in [0.717, 1.165) is 67.3 Å². The van der Waals surface area contributed by atoms with Crippen LogP contribution in [0.3, 0.4) is 0 Å². The van der Waals surface area contributed by atoms with Gasteiger partial charge in [0.05, 0.1) is 46.5 Å². The quantitative estimate of drug-likeness (QED) is 0.311. The number of para-hydroxylation sites is 1. The van der Waals surface area contributed by atoms with Gasteiger partial charge >= 0.3 is 5.97 Å². The van der Waals surface area contributed by atoms with E-state index in [9.17, 15) is 9.90 Å². The predicted octanol–water partition coefficient (Wildman–Crippen LogP) is 5.07. The van der Waals surface area contributed by atoms with Gasteiger partial charge in [-0.1, -0.05) is 17.7 Å². The average molecular weight is 602 g/mol. The lowest BCUT2D eigenvalue weighted by molar-refractivity contribution is -0.0717. The number of aromatic carboxylic acids is 1. The van der Waals surface area contributed by atoms with E-state index >= 15 is 0 Å². The maximum atomic E-state index is 11.7. The van der Waals surface area contributed by atoms with Gasteiger partial charge in [-0.15, -0.1) is 0 Å². The Morgan fingerprint density at radius 1 is 1.09 bits per heavy atom. The van der Waals surface area contributed by atoms with Crippen LogP contribution in [0.1, 0.15) is 48.1 Å². The van der Waals surface area contributed by atoms with Gasteiger partial charge in [-0.25, -0.2) is 9.78 Å². The number of halogens is 1. The maximum absolute atomic E-state index is 11.7. The summed E-state index contributed by atoms with van der Waals surface area (Å²) in [7, 11) is 0. The van der Waals surface area contributed by atoms with E-state index in [1.165, 1.54) is 0 Å². The van der Waals surface area contributed by atoms with Gasteiger partial charge in [-0.05, 0) is 61.7 Å². The first-order chi connectivity index (χ1) is 20.9. The molecule has 1 aliphatic carbocycles. The second kappa shape index (κ2) is 10.1. The lowest BCUT2D eigenvalue weighted by Crippen LogP contribution is -2.64. The molecule has 10 nitrogen and oxygen atoms in total. The van der Waals surface area contributed by atoms with E-state index in [-0.39, 0.29) is 11.7 Å². The summed E-state index contributed by atoms with van der Waals surface area (Å²) in [5, 5.41) is 10.2. The molecule has 1 unspecified atom stereocenters. The van der Waals surface area contributed by atoms with Crippen LogP contribution in [0.2, 0.25) is 5.02 Å². The third-order valence-corrected chi connectivity index (χ3v) is 9.58. The second-order valence-electron chi connectivity index (χ2n) is 11.9. The molecule has 8 rings (SSSR count). The monoisotopic (exact) mass is 601 g/mol. The van der Waals surface area contributed by atoms with Gasteiger partial charge in [-0.3, -0.25) is 9.88 Å². The van der Waals surface area contributed by atoms with Crippen LogP contribution in [0.4, 0.5) is 5.69 Å². The van der Waals surface area contributed by atoms with Crippen LogP contribution in [0.25, 0.3) is 11.0 Å². The molecule has 1 saturated carbocycles. The Balaban J connectivity index is 1.05. The molecule has 3 aliphatic heterocycles. The molecule has 2 saturated heterocycles. The van der Waals surface area contributed by atoms with Crippen molar-refractivity contribution in [1.82, 2.24) is 19.4 Å². The van der Waals surface area contributed by atoms with Crippen molar-refractivity contribution in [2.75, 3.05) is 24.6 Å². The number of hydrogen-bond acceptors (Lipinski definition) is 8. The number of hydrogen-bond donors (Lipinski definition) is 1. The number of aromatic nitrogens is 3. The molecule has 4 atom stereocenters. The Labute approximate surface area is 253 Å². The van der Waals surface area contributed by atoms with E-state index in [1.807, 2.05) is 31.2 Å². The summed E-state index contributed by atoms with van der Waals surface area (Å²) < 4.78 is 20.8. The number of piperazine rings is 1. The number of imidazole rings is 1. The Morgan fingerprint density at radius 3 is 2.67 bits per heavy atom. The molecule has 4 aliphatic rings. The Morgan fingerprint density at radius 2 is 1.95 bits per heavy atom. The fourth-order valence-electron chi connectivity index (χ4n) is 6.85. The summed E-state index contributed by atoms with van der Waals surface area (Å²) in [4.78, 5) is 26.2. The van der Waals surface area contributed by atoms with Crippen LogP contribution in [-0.4, -0.2) is 68.4 Å². The minimum absolute atomic E-state index is 0.133. The molecule has 11 heteroatoms. The van der Waals surface area contributed by atoms with Crippen LogP contribution in [0.5, 0.6) is 11.5 Å². The van der Waals surface area contributed by atoms with Gasteiger partial charge in [-0.2, -0.15) is 0 Å². The summed E-state index contributed by atoms with van der Waals surface area (Å²) in [6.07, 6.45) is 4.94. The Kier molecular flexibility index (Phi) is 6.29. The van der Waals surface area contributed by atoms with Crippen molar-refractivity contribution in [2.45, 2.75) is 63.3 Å². The third kappa shape index (κ3) is 4.51. The fraction of sp³-hybridized carbons (Fsp3) is 0.406. The van der Waals surface area contributed by atoms with E-state index in [4.69, 9.17) is 30.8 Å². The highest BCUT2D eigenvalue weighted by atomic mass is 35.5. The molecule has 2 aromatic carbocycles. The molecule has 1 N–H and O–H groups in total. The van der Waals surface area contributed by atoms with Gasteiger partial charge in [0, 0.05) is 44.9 Å². The highest BCUT2D eigenvalue weighted by Crippen LogP contribution is 2.51. The molecule has 0 spiro atoms. The highest BCUT2D eigenvalue weighted by Gasteiger charge is 2.47. The number of pyridine rings is 1.